The molecule has 0 spiro atoms. The Balaban J connectivity index is 1.62. The molecule has 0 aliphatic heterocycles. The first-order valence-corrected chi connectivity index (χ1v) is 8.98. The van der Waals surface area contributed by atoms with Crippen molar-refractivity contribution in [2.45, 2.75) is 32.9 Å². The maximum absolute atomic E-state index is 12.4. The second-order valence-electron chi connectivity index (χ2n) is 7.58. The zero-order chi connectivity index (χ0) is 21.2. The van der Waals surface area contributed by atoms with Gasteiger partial charge in [0.25, 0.3) is 5.91 Å². The van der Waals surface area contributed by atoms with Crippen molar-refractivity contribution in [3.8, 4) is 5.75 Å². The van der Waals surface area contributed by atoms with Crippen molar-refractivity contribution in [3.05, 3.63) is 59.7 Å². The van der Waals surface area contributed by atoms with Gasteiger partial charge in [-0.1, -0.05) is 32.9 Å². The Kier molecular flexibility index (Phi) is 5.40. The van der Waals surface area contributed by atoms with Crippen molar-refractivity contribution in [3.63, 3.8) is 0 Å². The Bertz CT molecular complexity index is 1030. The van der Waals surface area contributed by atoms with Crippen LogP contribution in [0.3, 0.4) is 0 Å². The second kappa shape index (κ2) is 7.78. The molecule has 2 N–H and O–H groups in total. The molecule has 0 saturated carbocycles. The highest BCUT2D eigenvalue weighted by Gasteiger charge is 2.19. The summed E-state index contributed by atoms with van der Waals surface area (Å²) in [7, 11) is 1.49. The zero-order valence-corrected chi connectivity index (χ0v) is 16.7. The number of carbonyl (C=O) groups excluding carboxylic acids is 1. The highest BCUT2D eigenvalue weighted by atomic mass is 16.5. The number of nitrogens with one attached hydrogen (secondary N) is 1. The lowest BCUT2D eigenvalue weighted by molar-refractivity contribution is 0.0686. The van der Waals surface area contributed by atoms with Gasteiger partial charge in [-0.05, 0) is 29.2 Å². The maximum Gasteiger partial charge on any atom is 0.356 e. The number of ether oxygens (including phenoxy) is 1. The molecule has 0 aliphatic carbocycles. The first-order valence-electron chi connectivity index (χ1n) is 8.98. The summed E-state index contributed by atoms with van der Waals surface area (Å²) < 4.78 is 8.36. The Hall–Kier alpha value is -3.62. The lowest BCUT2D eigenvalue weighted by Gasteiger charge is -2.19. The molecule has 0 radical (unpaired) electrons. The number of nitrogens with zero attached hydrogens (tertiary/aromatic N) is 4. The molecule has 1 amide bonds. The van der Waals surface area contributed by atoms with Crippen molar-refractivity contribution in [1.29, 1.82) is 0 Å². The van der Waals surface area contributed by atoms with Gasteiger partial charge in [0.05, 0.1) is 11.9 Å². The summed E-state index contributed by atoms with van der Waals surface area (Å²) in [4.78, 5) is 23.6. The Morgan fingerprint density at radius 1 is 1.17 bits per heavy atom. The number of aromatic carboxylic acids is 1. The van der Waals surface area contributed by atoms with Gasteiger partial charge in [-0.2, -0.15) is 10.2 Å². The monoisotopic (exact) mass is 397 g/mol. The third-order valence-corrected chi connectivity index (χ3v) is 4.35. The van der Waals surface area contributed by atoms with Gasteiger partial charge in [-0.3, -0.25) is 9.48 Å². The summed E-state index contributed by atoms with van der Waals surface area (Å²) in [5.74, 6) is -1.02. The predicted molar refractivity (Wildman–Crippen MR) is 106 cm³/mol. The fourth-order valence-corrected chi connectivity index (χ4v) is 2.72. The van der Waals surface area contributed by atoms with Gasteiger partial charge in [0.15, 0.2) is 18.1 Å². The van der Waals surface area contributed by atoms with Crippen LogP contribution in [0.25, 0.3) is 0 Å². The van der Waals surface area contributed by atoms with E-state index >= 15 is 0 Å². The Labute approximate surface area is 167 Å². The largest absolute Gasteiger partial charge is 0.476 e. The van der Waals surface area contributed by atoms with Gasteiger partial charge in [0.1, 0.15) is 5.75 Å². The number of carboxylic acid groups (broad SMARTS) is 1. The van der Waals surface area contributed by atoms with Crippen molar-refractivity contribution < 1.29 is 19.4 Å². The van der Waals surface area contributed by atoms with Gasteiger partial charge in [-0.15, -0.1) is 0 Å². The SMILES string of the molecule is Cn1ncc(NC(=O)c2ccn(COc3ccc(C(C)(C)C)cc3)n2)c1C(=O)O. The van der Waals surface area contributed by atoms with E-state index in [0.29, 0.717) is 5.75 Å². The highest BCUT2D eigenvalue weighted by Crippen LogP contribution is 2.24. The van der Waals surface area contributed by atoms with Crippen LogP contribution < -0.4 is 10.1 Å². The van der Waals surface area contributed by atoms with Crippen LogP contribution in [-0.2, 0) is 19.2 Å². The zero-order valence-electron chi connectivity index (χ0n) is 16.7. The molecule has 0 saturated heterocycles. The van der Waals surface area contributed by atoms with Gasteiger partial charge in [0.2, 0.25) is 0 Å². The van der Waals surface area contributed by atoms with Crippen LogP contribution in [0.4, 0.5) is 5.69 Å². The van der Waals surface area contributed by atoms with E-state index < -0.39 is 11.9 Å². The van der Waals surface area contributed by atoms with Crippen LogP contribution in [0.15, 0.2) is 42.7 Å². The number of aryl methyl sites for hydroxylation is 1. The molecular formula is C20H23N5O4. The van der Waals surface area contributed by atoms with Crippen LogP contribution in [0.1, 0.15) is 47.3 Å². The Morgan fingerprint density at radius 2 is 1.86 bits per heavy atom. The molecule has 3 aromatic rings. The minimum Gasteiger partial charge on any atom is -0.476 e. The number of carbonyl (C=O) groups is 2. The molecule has 0 fully saturated rings. The molecule has 152 valence electrons. The van der Waals surface area contributed by atoms with Gasteiger partial charge >= 0.3 is 5.97 Å². The molecule has 9 nitrogen and oxygen atoms in total. The molecule has 0 atom stereocenters. The van der Waals surface area contributed by atoms with Crippen LogP contribution >= 0.6 is 0 Å². The van der Waals surface area contributed by atoms with Crippen molar-refractivity contribution in [2.75, 3.05) is 5.32 Å². The molecular weight excluding hydrogens is 374 g/mol. The van der Waals surface area contributed by atoms with E-state index in [0.717, 1.165) is 0 Å². The fourth-order valence-electron chi connectivity index (χ4n) is 2.72. The topological polar surface area (TPSA) is 111 Å². The van der Waals surface area contributed by atoms with Crippen LogP contribution in [0.2, 0.25) is 0 Å². The van der Waals surface area contributed by atoms with Crippen LogP contribution in [0, 0.1) is 0 Å². The molecule has 2 aromatic heterocycles. The third-order valence-electron chi connectivity index (χ3n) is 4.35. The summed E-state index contributed by atoms with van der Waals surface area (Å²) >= 11 is 0. The smallest absolute Gasteiger partial charge is 0.356 e. The van der Waals surface area contributed by atoms with Crippen LogP contribution in [-0.4, -0.2) is 36.5 Å². The summed E-state index contributed by atoms with van der Waals surface area (Å²) in [6.45, 7) is 6.56. The number of benzene rings is 1. The molecule has 0 bridgehead atoms. The third kappa shape index (κ3) is 4.63. The van der Waals surface area contributed by atoms with E-state index in [9.17, 15) is 14.7 Å². The number of amides is 1. The summed E-state index contributed by atoms with van der Waals surface area (Å²) in [6.07, 6.45) is 2.89. The summed E-state index contributed by atoms with van der Waals surface area (Å²) in [5.41, 5.74) is 1.41. The van der Waals surface area contributed by atoms with Crippen molar-refractivity contribution in [1.82, 2.24) is 19.6 Å². The number of aromatic nitrogens is 4. The van der Waals surface area contributed by atoms with Crippen LogP contribution in [0.5, 0.6) is 5.75 Å². The van der Waals surface area contributed by atoms with E-state index in [1.807, 2.05) is 24.3 Å². The molecule has 9 heteroatoms. The average molecular weight is 397 g/mol. The number of rotatable bonds is 6. The highest BCUT2D eigenvalue weighted by molar-refractivity contribution is 6.06. The average Bonchev–Trinajstić information content (AvgIpc) is 3.26. The lowest BCUT2D eigenvalue weighted by atomic mass is 9.87. The first-order chi connectivity index (χ1) is 13.6. The van der Waals surface area contributed by atoms with Gasteiger partial charge < -0.3 is 15.2 Å². The molecule has 0 unspecified atom stereocenters. The van der Waals surface area contributed by atoms with Gasteiger partial charge in [0, 0.05) is 13.2 Å². The van der Waals surface area contributed by atoms with Gasteiger partial charge in [-0.25, -0.2) is 9.48 Å². The number of hydrogen-bond acceptors (Lipinski definition) is 5. The molecule has 29 heavy (non-hydrogen) atoms. The second-order valence-corrected chi connectivity index (χ2v) is 7.58. The van der Waals surface area contributed by atoms with E-state index in [1.54, 1.807) is 6.20 Å². The van der Waals surface area contributed by atoms with E-state index in [2.05, 4.69) is 36.3 Å². The van der Waals surface area contributed by atoms with Crippen molar-refractivity contribution >= 4 is 17.6 Å². The first kappa shape index (κ1) is 20.1. The van der Waals surface area contributed by atoms with Crippen molar-refractivity contribution in [2.24, 2.45) is 7.05 Å². The minimum absolute atomic E-state index is 0.0670. The minimum atomic E-state index is -1.18. The summed E-state index contributed by atoms with van der Waals surface area (Å²) in [5, 5.41) is 19.7. The predicted octanol–water partition coefficient (Wildman–Crippen LogP) is 2.90. The molecule has 1 aromatic carbocycles. The molecule has 2 heterocycles. The van der Waals surface area contributed by atoms with E-state index in [1.165, 1.54) is 34.2 Å². The molecule has 0 aliphatic rings. The maximum atomic E-state index is 12.4. The standard InChI is InChI=1S/C20H23N5O4/c1-20(2,3)13-5-7-14(8-6-13)29-12-25-10-9-15(23-25)18(26)22-16-11-21-24(4)17(16)19(27)28/h5-11H,12H2,1-4H3,(H,22,26)(H,27,28). The number of carboxylic acids is 1. The van der Waals surface area contributed by atoms with E-state index in [-0.39, 0.29) is 29.2 Å². The molecule has 3 rings (SSSR count). The van der Waals surface area contributed by atoms with E-state index in [4.69, 9.17) is 4.74 Å². The quantitative estimate of drug-likeness (QED) is 0.662. The normalized spacial score (nSPS) is 11.3. The number of anilines is 1. The fraction of sp³-hybridized carbons (Fsp3) is 0.300. The number of hydrogen-bond donors (Lipinski definition) is 2. The lowest BCUT2D eigenvalue weighted by Crippen LogP contribution is -2.16. The summed E-state index contributed by atoms with van der Waals surface area (Å²) in [6, 6.07) is 9.36. The Morgan fingerprint density at radius 3 is 2.48 bits per heavy atom.